The third kappa shape index (κ3) is 2.54. The van der Waals surface area contributed by atoms with Gasteiger partial charge in [-0.05, 0) is 43.5 Å². The van der Waals surface area contributed by atoms with E-state index in [-0.39, 0.29) is 12.5 Å². The fourth-order valence-electron chi connectivity index (χ4n) is 3.75. The zero-order chi connectivity index (χ0) is 18.3. The van der Waals surface area contributed by atoms with Gasteiger partial charge in [-0.25, -0.2) is 4.31 Å². The van der Waals surface area contributed by atoms with E-state index in [1.165, 1.54) is 8.61 Å². The molecule has 0 aromatic heterocycles. The van der Waals surface area contributed by atoms with Crippen LogP contribution in [0, 0.1) is 0 Å². The number of rotatable bonds is 3. The topological polar surface area (TPSA) is 60.9 Å². The Morgan fingerprint density at radius 3 is 2.27 bits per heavy atom. The summed E-state index contributed by atoms with van der Waals surface area (Å²) in [6.45, 7) is 2.55. The third-order valence-electron chi connectivity index (χ3n) is 4.95. The molecule has 6 nitrogen and oxygen atoms in total. The van der Waals surface area contributed by atoms with E-state index in [0.29, 0.717) is 24.5 Å². The summed E-state index contributed by atoms with van der Waals surface area (Å²) in [4.78, 5) is 14.7. The first-order valence-electron chi connectivity index (χ1n) is 8.81. The molecule has 2 aliphatic rings. The second-order valence-electron chi connectivity index (χ2n) is 6.45. The van der Waals surface area contributed by atoms with E-state index in [1.54, 1.807) is 30.0 Å². The second-order valence-corrected chi connectivity index (χ2v) is 8.22. The highest BCUT2D eigenvalue weighted by molar-refractivity contribution is 7.94. The molecule has 0 saturated heterocycles. The van der Waals surface area contributed by atoms with Gasteiger partial charge in [-0.15, -0.1) is 0 Å². The van der Waals surface area contributed by atoms with Crippen LogP contribution in [0.2, 0.25) is 0 Å². The van der Waals surface area contributed by atoms with E-state index < -0.39 is 10.2 Å². The van der Waals surface area contributed by atoms with Crippen LogP contribution >= 0.6 is 0 Å². The highest BCUT2D eigenvalue weighted by atomic mass is 32.2. The van der Waals surface area contributed by atoms with Gasteiger partial charge >= 0.3 is 10.2 Å². The number of anilines is 3. The molecule has 0 radical (unpaired) electrons. The van der Waals surface area contributed by atoms with Crippen molar-refractivity contribution in [2.75, 3.05) is 33.1 Å². The monoisotopic (exact) mass is 371 g/mol. The number of carbonyl (C=O) groups excluding carboxylic acids is 1. The van der Waals surface area contributed by atoms with Crippen LogP contribution in [0.1, 0.15) is 18.9 Å². The molecule has 7 heteroatoms. The highest BCUT2D eigenvalue weighted by Crippen LogP contribution is 2.40. The number of benzene rings is 2. The molecule has 0 aliphatic carbocycles. The number of fused-ring (bicyclic) bond motifs is 2. The van der Waals surface area contributed by atoms with Crippen molar-refractivity contribution in [3.05, 3.63) is 54.1 Å². The molecule has 0 spiro atoms. The molecule has 136 valence electrons. The van der Waals surface area contributed by atoms with E-state index in [0.717, 1.165) is 24.1 Å². The van der Waals surface area contributed by atoms with Gasteiger partial charge in [0.25, 0.3) is 0 Å². The van der Waals surface area contributed by atoms with E-state index in [1.807, 2.05) is 30.3 Å². The SMILES string of the molecule is CCN1c2ccccc2N(CC(=O)N2CCCc3ccccc32)S1(=O)=O. The van der Waals surface area contributed by atoms with Crippen molar-refractivity contribution in [1.29, 1.82) is 0 Å². The standard InChI is InChI=1S/C19H21N3O3S/c1-2-21-17-11-5-6-12-18(17)22(26(21,24)25)14-19(23)20-13-7-9-15-8-3-4-10-16(15)20/h3-6,8,10-12H,2,7,9,13-14H2,1H3. The van der Waals surface area contributed by atoms with Crippen LogP contribution in [0.25, 0.3) is 0 Å². The van der Waals surface area contributed by atoms with Crippen LogP contribution < -0.4 is 13.5 Å². The molecular formula is C19H21N3O3S. The zero-order valence-corrected chi connectivity index (χ0v) is 15.4. The Kier molecular flexibility index (Phi) is 4.11. The van der Waals surface area contributed by atoms with E-state index >= 15 is 0 Å². The summed E-state index contributed by atoms with van der Waals surface area (Å²) in [6.07, 6.45) is 1.82. The van der Waals surface area contributed by atoms with E-state index in [4.69, 9.17) is 0 Å². The number of hydrogen-bond donors (Lipinski definition) is 0. The molecule has 2 heterocycles. The Morgan fingerprint density at radius 1 is 0.962 bits per heavy atom. The maximum atomic E-state index is 13.0. The Morgan fingerprint density at radius 2 is 1.58 bits per heavy atom. The summed E-state index contributed by atoms with van der Waals surface area (Å²) in [5, 5.41) is 0. The molecule has 0 saturated carbocycles. The average Bonchev–Trinajstić information content (AvgIpc) is 2.87. The number of aryl methyl sites for hydroxylation is 1. The van der Waals surface area contributed by atoms with E-state index in [9.17, 15) is 13.2 Å². The van der Waals surface area contributed by atoms with Crippen LogP contribution in [0.4, 0.5) is 17.1 Å². The summed E-state index contributed by atoms with van der Waals surface area (Å²) < 4.78 is 28.4. The predicted molar refractivity (Wildman–Crippen MR) is 103 cm³/mol. The van der Waals surface area contributed by atoms with Crippen molar-refractivity contribution < 1.29 is 13.2 Å². The molecule has 2 aliphatic heterocycles. The minimum absolute atomic E-state index is 0.190. The van der Waals surface area contributed by atoms with Gasteiger partial charge in [-0.1, -0.05) is 30.3 Å². The minimum Gasteiger partial charge on any atom is -0.311 e. The fourth-order valence-corrected chi connectivity index (χ4v) is 5.40. The molecule has 0 N–H and O–H groups in total. The molecule has 1 amide bonds. The van der Waals surface area contributed by atoms with Crippen LogP contribution in [0.15, 0.2) is 48.5 Å². The molecule has 4 rings (SSSR count). The normalized spacial score (nSPS) is 17.8. The molecule has 26 heavy (non-hydrogen) atoms. The third-order valence-corrected chi connectivity index (χ3v) is 6.85. The van der Waals surface area contributed by atoms with Crippen molar-refractivity contribution >= 4 is 33.2 Å². The van der Waals surface area contributed by atoms with Crippen LogP contribution in [0.5, 0.6) is 0 Å². The lowest BCUT2D eigenvalue weighted by Gasteiger charge is -2.31. The Labute approximate surface area is 153 Å². The first-order valence-corrected chi connectivity index (χ1v) is 10.2. The number of amides is 1. The van der Waals surface area contributed by atoms with Crippen molar-refractivity contribution in [2.45, 2.75) is 19.8 Å². The maximum absolute atomic E-state index is 13.0. The summed E-state index contributed by atoms with van der Waals surface area (Å²) in [5.74, 6) is -0.200. The van der Waals surface area contributed by atoms with Crippen molar-refractivity contribution in [3.63, 3.8) is 0 Å². The average molecular weight is 371 g/mol. The first-order chi connectivity index (χ1) is 12.5. The molecule has 0 bridgehead atoms. The Balaban J connectivity index is 1.67. The van der Waals surface area contributed by atoms with Gasteiger partial charge in [0, 0.05) is 18.8 Å². The van der Waals surface area contributed by atoms with Gasteiger partial charge in [0.05, 0.1) is 11.4 Å². The smallest absolute Gasteiger partial charge is 0.311 e. The number of para-hydroxylation sites is 3. The maximum Gasteiger partial charge on any atom is 0.327 e. The number of hydrogen-bond acceptors (Lipinski definition) is 3. The highest BCUT2D eigenvalue weighted by Gasteiger charge is 2.41. The number of carbonyl (C=O) groups is 1. The van der Waals surface area contributed by atoms with Gasteiger partial charge in [-0.3, -0.25) is 9.10 Å². The quantitative estimate of drug-likeness (QED) is 0.833. The first kappa shape index (κ1) is 16.9. The minimum atomic E-state index is -3.73. The van der Waals surface area contributed by atoms with E-state index in [2.05, 4.69) is 0 Å². The summed E-state index contributed by atoms with van der Waals surface area (Å²) in [5.41, 5.74) is 3.21. The van der Waals surface area contributed by atoms with Crippen molar-refractivity contribution in [3.8, 4) is 0 Å². The van der Waals surface area contributed by atoms with Gasteiger partial charge < -0.3 is 4.90 Å². The van der Waals surface area contributed by atoms with Gasteiger partial charge in [0.2, 0.25) is 5.91 Å². The van der Waals surface area contributed by atoms with Gasteiger partial charge in [0.15, 0.2) is 0 Å². The summed E-state index contributed by atoms with van der Waals surface area (Å²) >= 11 is 0. The zero-order valence-electron chi connectivity index (χ0n) is 14.6. The summed E-state index contributed by atoms with van der Waals surface area (Å²) in [6, 6.07) is 15.0. The number of nitrogens with zero attached hydrogens (tertiary/aromatic N) is 3. The molecule has 0 atom stereocenters. The molecule has 2 aromatic rings. The van der Waals surface area contributed by atoms with Crippen molar-refractivity contribution in [1.82, 2.24) is 0 Å². The lowest BCUT2D eigenvalue weighted by molar-refractivity contribution is -0.117. The second kappa shape index (κ2) is 6.32. The van der Waals surface area contributed by atoms with Gasteiger partial charge in [-0.2, -0.15) is 8.42 Å². The van der Waals surface area contributed by atoms with Crippen LogP contribution in [0.3, 0.4) is 0 Å². The van der Waals surface area contributed by atoms with Crippen molar-refractivity contribution in [2.24, 2.45) is 0 Å². The molecule has 2 aromatic carbocycles. The fraction of sp³-hybridized carbons (Fsp3) is 0.316. The Hall–Kier alpha value is -2.54. The largest absolute Gasteiger partial charge is 0.327 e. The lowest BCUT2D eigenvalue weighted by atomic mass is 10.0. The van der Waals surface area contributed by atoms with Crippen LogP contribution in [-0.2, 0) is 21.4 Å². The van der Waals surface area contributed by atoms with Gasteiger partial charge in [0.1, 0.15) is 6.54 Å². The molecule has 0 fully saturated rings. The van der Waals surface area contributed by atoms with Crippen LogP contribution in [-0.4, -0.2) is 34.0 Å². The lowest BCUT2D eigenvalue weighted by Crippen LogP contribution is -2.46. The summed E-state index contributed by atoms with van der Waals surface area (Å²) in [7, 11) is -3.73. The molecular weight excluding hydrogens is 350 g/mol. The Bertz CT molecular complexity index is 958. The molecule has 0 unspecified atom stereocenters. The predicted octanol–water partition coefficient (Wildman–Crippen LogP) is 2.56.